The van der Waals surface area contributed by atoms with Gasteiger partial charge in [0, 0.05) is 0 Å². The zero-order chi connectivity index (χ0) is 18.3. The van der Waals surface area contributed by atoms with E-state index < -0.39 is 0 Å². The summed E-state index contributed by atoms with van der Waals surface area (Å²) in [6.07, 6.45) is 0. The molecule has 0 spiro atoms. The molecule has 24 heavy (non-hydrogen) atoms. The molecule has 2 aromatic carbocycles. The predicted molar refractivity (Wildman–Crippen MR) is 108 cm³/mol. The highest BCUT2D eigenvalue weighted by Gasteiger charge is 2.25. The van der Waals surface area contributed by atoms with Crippen molar-refractivity contribution in [2.45, 2.75) is 78.6 Å². The lowest BCUT2D eigenvalue weighted by molar-refractivity contribution is 0.568. The normalized spacial score (nSPS) is 13.2. The average Bonchev–Trinajstić information content (AvgIpc) is 2.44. The summed E-state index contributed by atoms with van der Waals surface area (Å²) in [7, 11) is 0. The fourth-order valence-corrected chi connectivity index (χ4v) is 3.24. The number of hydrogen-bond acceptors (Lipinski definition) is 0. The van der Waals surface area contributed by atoms with Crippen LogP contribution in [0, 0.1) is 0 Å². The molecule has 2 rings (SSSR count). The summed E-state index contributed by atoms with van der Waals surface area (Å²) in [4.78, 5) is 0. The van der Waals surface area contributed by atoms with Gasteiger partial charge in [0.05, 0.1) is 0 Å². The third-order valence-electron chi connectivity index (χ3n) is 4.72. The molecule has 0 unspecified atom stereocenters. The van der Waals surface area contributed by atoms with Crippen molar-refractivity contribution in [3.8, 4) is 11.1 Å². The SMILES string of the molecule is CC(C)(C)c1ccc(-c2ccccc2C(C)(C)C)c(C(C)(C)C)c1. The Hall–Kier alpha value is -1.56. The van der Waals surface area contributed by atoms with Crippen LogP contribution in [-0.4, -0.2) is 0 Å². The van der Waals surface area contributed by atoms with Crippen molar-refractivity contribution in [3.05, 3.63) is 59.2 Å². The molecule has 0 aromatic heterocycles. The van der Waals surface area contributed by atoms with Crippen LogP contribution >= 0.6 is 0 Å². The maximum atomic E-state index is 2.43. The highest BCUT2D eigenvalue weighted by Crippen LogP contribution is 2.40. The van der Waals surface area contributed by atoms with E-state index in [1.165, 1.54) is 27.8 Å². The molecule has 0 fully saturated rings. The monoisotopic (exact) mass is 322 g/mol. The minimum atomic E-state index is 0.113. The highest BCUT2D eigenvalue weighted by molar-refractivity contribution is 5.73. The number of hydrogen-bond donors (Lipinski definition) is 0. The lowest BCUT2D eigenvalue weighted by Gasteiger charge is -2.30. The van der Waals surface area contributed by atoms with Crippen LogP contribution in [0.5, 0.6) is 0 Å². The fraction of sp³-hybridized carbons (Fsp3) is 0.500. The van der Waals surface area contributed by atoms with Crippen molar-refractivity contribution in [1.29, 1.82) is 0 Å². The third kappa shape index (κ3) is 3.91. The smallest absolute Gasteiger partial charge is 0.0126 e. The van der Waals surface area contributed by atoms with Gasteiger partial charge in [-0.25, -0.2) is 0 Å². The van der Waals surface area contributed by atoms with Crippen LogP contribution in [-0.2, 0) is 16.2 Å². The Morgan fingerprint density at radius 3 is 1.50 bits per heavy atom. The van der Waals surface area contributed by atoms with Crippen LogP contribution in [0.4, 0.5) is 0 Å². The molecule has 0 radical (unpaired) electrons. The van der Waals surface area contributed by atoms with E-state index in [1.54, 1.807) is 0 Å². The van der Waals surface area contributed by atoms with Crippen LogP contribution < -0.4 is 0 Å². The zero-order valence-corrected chi connectivity index (χ0v) is 17.0. The summed E-state index contributed by atoms with van der Waals surface area (Å²) >= 11 is 0. The van der Waals surface area contributed by atoms with Gasteiger partial charge in [-0.3, -0.25) is 0 Å². The van der Waals surface area contributed by atoms with Crippen LogP contribution in [0.2, 0.25) is 0 Å². The topological polar surface area (TPSA) is 0 Å². The van der Waals surface area contributed by atoms with Crippen LogP contribution in [0.25, 0.3) is 11.1 Å². The van der Waals surface area contributed by atoms with Crippen molar-refractivity contribution < 1.29 is 0 Å². The zero-order valence-electron chi connectivity index (χ0n) is 17.0. The molecular weight excluding hydrogens is 288 g/mol. The second kappa shape index (κ2) is 6.06. The summed E-state index contributed by atoms with van der Waals surface area (Å²) in [5, 5.41) is 0. The molecule has 0 bridgehead atoms. The molecule has 2 aromatic rings. The Balaban J connectivity index is 2.77. The summed E-state index contributed by atoms with van der Waals surface area (Å²) in [5.41, 5.74) is 7.42. The Labute approximate surface area is 149 Å². The first-order valence-corrected chi connectivity index (χ1v) is 9.07. The van der Waals surface area contributed by atoms with Crippen molar-refractivity contribution in [1.82, 2.24) is 0 Å². The Morgan fingerprint density at radius 2 is 1.00 bits per heavy atom. The van der Waals surface area contributed by atoms with Crippen molar-refractivity contribution in [3.63, 3.8) is 0 Å². The van der Waals surface area contributed by atoms with Gasteiger partial charge in [0.25, 0.3) is 0 Å². The second-order valence-corrected chi connectivity index (χ2v) is 10.1. The first kappa shape index (κ1) is 18.8. The van der Waals surface area contributed by atoms with E-state index >= 15 is 0 Å². The van der Waals surface area contributed by atoms with Crippen molar-refractivity contribution >= 4 is 0 Å². The van der Waals surface area contributed by atoms with Gasteiger partial charge < -0.3 is 0 Å². The van der Waals surface area contributed by atoms with Gasteiger partial charge >= 0.3 is 0 Å². The van der Waals surface area contributed by atoms with Crippen LogP contribution in [0.3, 0.4) is 0 Å². The maximum Gasteiger partial charge on any atom is -0.0126 e. The molecule has 0 heteroatoms. The number of rotatable bonds is 1. The molecule has 0 heterocycles. The number of benzene rings is 2. The summed E-state index contributed by atoms with van der Waals surface area (Å²) in [6, 6.07) is 15.9. The molecule has 0 nitrogen and oxygen atoms in total. The maximum absolute atomic E-state index is 2.43. The van der Waals surface area contributed by atoms with E-state index in [2.05, 4.69) is 105 Å². The van der Waals surface area contributed by atoms with Gasteiger partial charge in [-0.15, -0.1) is 0 Å². The minimum absolute atomic E-state index is 0.113. The first-order valence-electron chi connectivity index (χ1n) is 9.07. The Bertz CT molecular complexity index is 713. The van der Waals surface area contributed by atoms with Gasteiger partial charge in [0.1, 0.15) is 0 Å². The highest BCUT2D eigenvalue weighted by atomic mass is 14.3. The standard InChI is InChI=1S/C24H34/c1-22(2,3)17-14-15-19(21(16-17)24(7,8)9)18-12-10-11-13-20(18)23(4,5)6/h10-16H,1-9H3. The quantitative estimate of drug-likeness (QED) is 0.519. The van der Waals surface area contributed by atoms with Crippen molar-refractivity contribution in [2.75, 3.05) is 0 Å². The van der Waals surface area contributed by atoms with Gasteiger partial charge in [-0.05, 0) is 44.1 Å². The fourth-order valence-electron chi connectivity index (χ4n) is 3.24. The van der Waals surface area contributed by atoms with Gasteiger partial charge in [-0.1, -0.05) is 105 Å². The molecule has 0 aliphatic heterocycles. The molecule has 0 aliphatic rings. The predicted octanol–water partition coefficient (Wildman–Crippen LogP) is 7.25. The van der Waals surface area contributed by atoms with E-state index in [-0.39, 0.29) is 16.2 Å². The van der Waals surface area contributed by atoms with E-state index in [0.29, 0.717) is 0 Å². The molecule has 0 saturated heterocycles. The minimum Gasteiger partial charge on any atom is -0.0619 e. The van der Waals surface area contributed by atoms with Crippen LogP contribution in [0.15, 0.2) is 42.5 Å². The van der Waals surface area contributed by atoms with Gasteiger partial charge in [-0.2, -0.15) is 0 Å². The van der Waals surface area contributed by atoms with Crippen molar-refractivity contribution in [2.24, 2.45) is 0 Å². The Kier molecular flexibility index (Phi) is 4.74. The first-order chi connectivity index (χ1) is 10.8. The van der Waals surface area contributed by atoms with E-state index in [4.69, 9.17) is 0 Å². The molecule has 130 valence electrons. The van der Waals surface area contributed by atoms with E-state index in [0.717, 1.165) is 0 Å². The molecule has 0 saturated carbocycles. The largest absolute Gasteiger partial charge is 0.0619 e. The molecule has 0 aliphatic carbocycles. The molecule has 0 amide bonds. The van der Waals surface area contributed by atoms with E-state index in [9.17, 15) is 0 Å². The lowest BCUT2D eigenvalue weighted by atomic mass is 9.74. The van der Waals surface area contributed by atoms with Gasteiger partial charge in [0.15, 0.2) is 0 Å². The third-order valence-corrected chi connectivity index (χ3v) is 4.72. The molecular formula is C24H34. The van der Waals surface area contributed by atoms with E-state index in [1.807, 2.05) is 0 Å². The lowest BCUT2D eigenvalue weighted by Crippen LogP contribution is -2.18. The molecule has 0 atom stereocenters. The summed E-state index contributed by atoms with van der Waals surface area (Å²) in [6.45, 7) is 20.7. The molecule has 0 N–H and O–H groups in total. The second-order valence-electron chi connectivity index (χ2n) is 10.1. The van der Waals surface area contributed by atoms with Crippen LogP contribution in [0.1, 0.15) is 79.0 Å². The Morgan fingerprint density at radius 1 is 0.500 bits per heavy atom. The average molecular weight is 323 g/mol. The summed E-state index contributed by atoms with van der Waals surface area (Å²) in [5.74, 6) is 0. The van der Waals surface area contributed by atoms with Gasteiger partial charge in [0.2, 0.25) is 0 Å². The summed E-state index contributed by atoms with van der Waals surface area (Å²) < 4.78 is 0.